The van der Waals surface area contributed by atoms with Gasteiger partial charge in [0.2, 0.25) is 0 Å². The van der Waals surface area contributed by atoms with Gasteiger partial charge in [-0.05, 0) is 48.2 Å². The number of piperidine rings is 1. The molecule has 1 fully saturated rings. The molecule has 0 unspecified atom stereocenters. The number of ether oxygens (including phenoxy) is 1. The standard InChI is InChI=1S/C31H30FN5O3/c32-25-11-9-23(10-12-25)19-35-15-13-31(39,14-16-35)21-36-22-33-29-28(30(36)38)18-34-37(29)26-7-4-8-27(17-26)40-20-24-5-2-1-3-6-24/h1-12,17-18,22,39H,13-16,19-21H2. The molecule has 0 radical (unpaired) electrons. The molecule has 1 saturated heterocycles. The monoisotopic (exact) mass is 539 g/mol. The van der Waals surface area contributed by atoms with Gasteiger partial charge in [-0.2, -0.15) is 5.10 Å². The molecule has 2 aromatic heterocycles. The molecule has 3 heterocycles. The number of hydrogen-bond donors (Lipinski definition) is 1. The normalized spacial score (nSPS) is 15.3. The highest BCUT2D eigenvalue weighted by Crippen LogP contribution is 2.26. The van der Waals surface area contributed by atoms with E-state index in [2.05, 4.69) is 15.0 Å². The van der Waals surface area contributed by atoms with Crippen molar-refractivity contribution in [3.05, 3.63) is 119 Å². The number of rotatable bonds is 8. The summed E-state index contributed by atoms with van der Waals surface area (Å²) in [6.07, 6.45) is 4.05. The van der Waals surface area contributed by atoms with Crippen molar-refractivity contribution in [3.63, 3.8) is 0 Å². The third-order valence-electron chi connectivity index (χ3n) is 7.44. The second-order valence-electron chi connectivity index (χ2n) is 10.4. The third kappa shape index (κ3) is 5.66. The van der Waals surface area contributed by atoms with Crippen molar-refractivity contribution >= 4 is 11.0 Å². The molecule has 6 rings (SSSR count). The summed E-state index contributed by atoms with van der Waals surface area (Å²) in [5.74, 6) is 0.436. The molecule has 0 aliphatic carbocycles. The smallest absolute Gasteiger partial charge is 0.264 e. The molecule has 8 nitrogen and oxygen atoms in total. The maximum absolute atomic E-state index is 13.3. The Morgan fingerprint density at radius 2 is 1.73 bits per heavy atom. The SMILES string of the molecule is O=c1c2cnn(-c3cccc(OCc4ccccc4)c3)c2ncn1CC1(O)CCN(Cc2ccc(F)cc2)CC1. The van der Waals surface area contributed by atoms with Crippen LogP contribution < -0.4 is 10.3 Å². The molecule has 3 aromatic carbocycles. The van der Waals surface area contributed by atoms with Crippen molar-refractivity contribution in [2.24, 2.45) is 0 Å². The van der Waals surface area contributed by atoms with Gasteiger partial charge in [0.15, 0.2) is 5.65 Å². The van der Waals surface area contributed by atoms with Gasteiger partial charge in [0.05, 0.1) is 24.0 Å². The van der Waals surface area contributed by atoms with Gasteiger partial charge in [0.25, 0.3) is 5.56 Å². The van der Waals surface area contributed by atoms with E-state index >= 15 is 0 Å². The fraction of sp³-hybridized carbons (Fsp3) is 0.258. The molecule has 40 heavy (non-hydrogen) atoms. The van der Waals surface area contributed by atoms with E-state index in [0.717, 1.165) is 16.8 Å². The summed E-state index contributed by atoms with van der Waals surface area (Å²) in [6.45, 7) is 2.66. The summed E-state index contributed by atoms with van der Waals surface area (Å²) in [6, 6.07) is 23.9. The maximum Gasteiger partial charge on any atom is 0.264 e. The lowest BCUT2D eigenvalue weighted by Crippen LogP contribution is -2.47. The summed E-state index contributed by atoms with van der Waals surface area (Å²) >= 11 is 0. The fourth-order valence-electron chi connectivity index (χ4n) is 5.15. The van der Waals surface area contributed by atoms with Crippen molar-refractivity contribution < 1.29 is 14.2 Å². The Bertz CT molecular complexity index is 1660. The molecule has 1 aliphatic heterocycles. The Balaban J connectivity index is 1.14. The molecule has 9 heteroatoms. The van der Waals surface area contributed by atoms with Crippen molar-refractivity contribution in [1.29, 1.82) is 0 Å². The van der Waals surface area contributed by atoms with Crippen molar-refractivity contribution in [3.8, 4) is 11.4 Å². The van der Waals surface area contributed by atoms with Gasteiger partial charge in [-0.1, -0.05) is 48.5 Å². The minimum absolute atomic E-state index is 0.160. The number of hydrogen-bond acceptors (Lipinski definition) is 6. The number of likely N-dealkylation sites (tertiary alicyclic amines) is 1. The predicted octanol–water partition coefficient (Wildman–Crippen LogP) is 4.33. The maximum atomic E-state index is 13.3. The van der Waals surface area contributed by atoms with Gasteiger partial charge in [-0.3, -0.25) is 14.3 Å². The van der Waals surface area contributed by atoms with Gasteiger partial charge >= 0.3 is 0 Å². The number of fused-ring (bicyclic) bond motifs is 1. The minimum atomic E-state index is -1.01. The quantitative estimate of drug-likeness (QED) is 0.316. The van der Waals surface area contributed by atoms with E-state index in [-0.39, 0.29) is 17.9 Å². The zero-order chi connectivity index (χ0) is 27.5. The first kappa shape index (κ1) is 25.9. The predicted molar refractivity (Wildman–Crippen MR) is 150 cm³/mol. The second kappa shape index (κ2) is 11.0. The van der Waals surface area contributed by atoms with Gasteiger partial charge in [-0.25, -0.2) is 14.1 Å². The summed E-state index contributed by atoms with van der Waals surface area (Å²) in [7, 11) is 0. The highest BCUT2D eigenvalue weighted by Gasteiger charge is 2.33. The summed E-state index contributed by atoms with van der Waals surface area (Å²) < 4.78 is 22.3. The van der Waals surface area contributed by atoms with Crippen LogP contribution in [0, 0.1) is 5.82 Å². The van der Waals surface area contributed by atoms with E-state index in [1.54, 1.807) is 16.8 Å². The van der Waals surface area contributed by atoms with Crippen LogP contribution in [-0.4, -0.2) is 48.0 Å². The highest BCUT2D eigenvalue weighted by atomic mass is 19.1. The highest BCUT2D eigenvalue weighted by molar-refractivity contribution is 5.75. The first-order valence-corrected chi connectivity index (χ1v) is 13.4. The molecule has 1 aliphatic rings. The Morgan fingerprint density at radius 3 is 2.50 bits per heavy atom. The van der Waals surface area contributed by atoms with Crippen LogP contribution in [0.2, 0.25) is 0 Å². The first-order chi connectivity index (χ1) is 19.5. The number of benzene rings is 3. The van der Waals surface area contributed by atoms with Crippen molar-refractivity contribution in [1.82, 2.24) is 24.2 Å². The summed E-state index contributed by atoms with van der Waals surface area (Å²) in [4.78, 5) is 20.1. The average molecular weight is 540 g/mol. The average Bonchev–Trinajstić information content (AvgIpc) is 3.42. The van der Waals surface area contributed by atoms with Crippen LogP contribution >= 0.6 is 0 Å². The van der Waals surface area contributed by atoms with Gasteiger partial charge in [0, 0.05) is 25.7 Å². The van der Waals surface area contributed by atoms with Crippen LogP contribution in [0.1, 0.15) is 24.0 Å². The first-order valence-electron chi connectivity index (χ1n) is 13.4. The van der Waals surface area contributed by atoms with Gasteiger partial charge in [-0.15, -0.1) is 0 Å². The molecule has 0 saturated carbocycles. The molecule has 1 N–H and O–H groups in total. The van der Waals surface area contributed by atoms with Crippen LogP contribution in [0.5, 0.6) is 5.75 Å². The molecular formula is C31H30FN5O3. The zero-order valence-electron chi connectivity index (χ0n) is 22.0. The Morgan fingerprint density at radius 1 is 0.950 bits per heavy atom. The number of nitrogens with zero attached hydrogens (tertiary/aromatic N) is 5. The lowest BCUT2D eigenvalue weighted by Gasteiger charge is -2.38. The fourth-order valence-corrected chi connectivity index (χ4v) is 5.15. The molecule has 0 atom stereocenters. The third-order valence-corrected chi connectivity index (χ3v) is 7.44. The Hall–Kier alpha value is -4.34. The van der Waals surface area contributed by atoms with E-state index in [9.17, 15) is 14.3 Å². The van der Waals surface area contributed by atoms with Crippen LogP contribution in [0.25, 0.3) is 16.7 Å². The van der Waals surface area contributed by atoms with Crippen LogP contribution in [0.15, 0.2) is 96.2 Å². The van der Waals surface area contributed by atoms with E-state index in [1.165, 1.54) is 29.2 Å². The molecule has 0 bridgehead atoms. The topological polar surface area (TPSA) is 85.4 Å². The van der Waals surface area contributed by atoms with E-state index in [0.29, 0.717) is 55.9 Å². The summed E-state index contributed by atoms with van der Waals surface area (Å²) in [5.41, 5.74) is 2.02. The van der Waals surface area contributed by atoms with Crippen LogP contribution in [-0.2, 0) is 19.7 Å². The van der Waals surface area contributed by atoms with E-state index in [1.807, 2.05) is 54.6 Å². The van der Waals surface area contributed by atoms with Crippen LogP contribution in [0.3, 0.4) is 0 Å². The lowest BCUT2D eigenvalue weighted by atomic mass is 9.91. The van der Waals surface area contributed by atoms with Gasteiger partial charge in [0.1, 0.15) is 29.9 Å². The zero-order valence-corrected chi connectivity index (χ0v) is 22.0. The van der Waals surface area contributed by atoms with Crippen LogP contribution in [0.4, 0.5) is 4.39 Å². The lowest BCUT2D eigenvalue weighted by molar-refractivity contribution is -0.0364. The van der Waals surface area contributed by atoms with Gasteiger partial charge < -0.3 is 9.84 Å². The molecule has 0 amide bonds. The molecule has 0 spiro atoms. The second-order valence-corrected chi connectivity index (χ2v) is 10.4. The Kier molecular flexibility index (Phi) is 7.15. The van der Waals surface area contributed by atoms with Crippen molar-refractivity contribution in [2.75, 3.05) is 13.1 Å². The molecule has 5 aromatic rings. The van der Waals surface area contributed by atoms with E-state index < -0.39 is 5.60 Å². The van der Waals surface area contributed by atoms with E-state index in [4.69, 9.17) is 4.74 Å². The van der Waals surface area contributed by atoms with Crippen molar-refractivity contribution in [2.45, 2.75) is 38.1 Å². The number of halogens is 1. The number of aliphatic hydroxyl groups is 1. The molecular weight excluding hydrogens is 509 g/mol. The Labute approximate surface area is 230 Å². The minimum Gasteiger partial charge on any atom is -0.489 e. The molecule has 204 valence electrons. The summed E-state index contributed by atoms with van der Waals surface area (Å²) in [5, 5.41) is 16.1. The number of aromatic nitrogens is 4. The largest absolute Gasteiger partial charge is 0.489 e.